The summed E-state index contributed by atoms with van der Waals surface area (Å²) in [6, 6.07) is -0.588. The van der Waals surface area contributed by atoms with E-state index in [1.165, 1.54) is 0 Å². The van der Waals surface area contributed by atoms with Crippen molar-refractivity contribution in [1.29, 1.82) is 0 Å². The number of nitrogens with one attached hydrogen (secondary N) is 1. The van der Waals surface area contributed by atoms with E-state index < -0.39 is 16.3 Å². The zero-order chi connectivity index (χ0) is 7.78. The average Bonchev–Trinajstić information content (AvgIpc) is 2.10. The van der Waals surface area contributed by atoms with E-state index in [-0.39, 0.29) is 6.42 Å². The highest BCUT2D eigenvalue weighted by Crippen LogP contribution is 2.30. The lowest BCUT2D eigenvalue weighted by Gasteiger charge is -2.07. The second-order valence-electron chi connectivity index (χ2n) is 2.33. The highest BCUT2D eigenvalue weighted by molar-refractivity contribution is 6.49. The van der Waals surface area contributed by atoms with Crippen molar-refractivity contribution in [2.24, 2.45) is 0 Å². The van der Waals surface area contributed by atoms with Crippen molar-refractivity contribution in [3.63, 3.8) is 0 Å². The molecule has 0 aromatic carbocycles. The van der Waals surface area contributed by atoms with Crippen LogP contribution >= 0.6 is 23.2 Å². The molecule has 5 heteroatoms. The molecule has 0 unspecified atom stereocenters. The molecule has 1 fully saturated rings. The first-order valence-electron chi connectivity index (χ1n) is 2.85. The van der Waals surface area contributed by atoms with E-state index in [0.717, 1.165) is 0 Å². The number of aliphatic carboxylic acids is 1. The molecule has 3 nitrogen and oxygen atoms in total. The van der Waals surface area contributed by atoms with Crippen LogP contribution in [-0.4, -0.2) is 28.0 Å². The van der Waals surface area contributed by atoms with Crippen LogP contribution in [0.1, 0.15) is 6.42 Å². The van der Waals surface area contributed by atoms with Gasteiger partial charge in [-0.3, -0.25) is 4.79 Å². The predicted octanol–water partition coefficient (Wildman–Crippen LogP) is 0.607. The third-order valence-corrected chi connectivity index (χ3v) is 1.98. The molecule has 0 aliphatic carbocycles. The highest BCUT2D eigenvalue weighted by Gasteiger charge is 2.38. The number of hydrogen-bond acceptors (Lipinski definition) is 2. The van der Waals surface area contributed by atoms with Gasteiger partial charge in [0.15, 0.2) is 0 Å². The van der Waals surface area contributed by atoms with Gasteiger partial charge in [-0.05, 0) is 0 Å². The SMILES string of the molecule is O=C(O)[C@@H]1CC(Cl)(Cl)CN1. The Kier molecular flexibility index (Phi) is 2.08. The molecule has 0 aromatic heterocycles. The van der Waals surface area contributed by atoms with Crippen LogP contribution in [0.25, 0.3) is 0 Å². The predicted molar refractivity (Wildman–Crippen MR) is 38.5 cm³/mol. The Bertz CT molecular complexity index is 160. The monoisotopic (exact) mass is 183 g/mol. The summed E-state index contributed by atoms with van der Waals surface area (Å²) >= 11 is 11.3. The van der Waals surface area contributed by atoms with Gasteiger partial charge >= 0.3 is 5.97 Å². The van der Waals surface area contributed by atoms with Crippen LogP contribution in [0.3, 0.4) is 0 Å². The van der Waals surface area contributed by atoms with Gasteiger partial charge in [-0.15, -0.1) is 23.2 Å². The molecule has 58 valence electrons. The summed E-state index contributed by atoms with van der Waals surface area (Å²) in [6.07, 6.45) is 0.269. The number of carboxylic acid groups (broad SMARTS) is 1. The van der Waals surface area contributed by atoms with Gasteiger partial charge in [-0.2, -0.15) is 0 Å². The quantitative estimate of drug-likeness (QED) is 0.587. The van der Waals surface area contributed by atoms with Gasteiger partial charge in [-0.25, -0.2) is 0 Å². The molecule has 2 N–H and O–H groups in total. The highest BCUT2D eigenvalue weighted by atomic mass is 35.5. The summed E-state index contributed by atoms with van der Waals surface area (Å²) < 4.78 is -0.900. The smallest absolute Gasteiger partial charge is 0.320 e. The van der Waals surface area contributed by atoms with Crippen LogP contribution in [0.2, 0.25) is 0 Å². The number of hydrogen-bond donors (Lipinski definition) is 2. The summed E-state index contributed by atoms with van der Waals surface area (Å²) in [5, 5.41) is 11.1. The lowest BCUT2D eigenvalue weighted by molar-refractivity contribution is -0.139. The average molecular weight is 184 g/mol. The first-order chi connectivity index (χ1) is 4.51. The Hall–Kier alpha value is 0.01000. The van der Waals surface area contributed by atoms with Crippen molar-refractivity contribution in [2.45, 2.75) is 16.8 Å². The number of halogens is 2. The Morgan fingerprint density at radius 1 is 1.70 bits per heavy atom. The normalized spacial score (nSPS) is 30.4. The Balaban J connectivity index is 2.51. The lowest BCUT2D eigenvalue weighted by Crippen LogP contribution is -2.30. The van der Waals surface area contributed by atoms with Crippen LogP contribution in [0.4, 0.5) is 0 Å². The topological polar surface area (TPSA) is 49.3 Å². The molecule has 1 heterocycles. The molecule has 10 heavy (non-hydrogen) atoms. The van der Waals surface area contributed by atoms with Crippen LogP contribution in [0, 0.1) is 0 Å². The van der Waals surface area contributed by atoms with E-state index in [9.17, 15) is 4.79 Å². The van der Waals surface area contributed by atoms with Gasteiger partial charge in [0, 0.05) is 13.0 Å². The minimum Gasteiger partial charge on any atom is -0.480 e. The Morgan fingerprint density at radius 2 is 2.30 bits per heavy atom. The zero-order valence-corrected chi connectivity index (χ0v) is 6.61. The summed E-state index contributed by atoms with van der Waals surface area (Å²) in [6.45, 7) is 0.340. The summed E-state index contributed by atoms with van der Waals surface area (Å²) in [7, 11) is 0. The van der Waals surface area contributed by atoms with Crippen molar-refractivity contribution in [2.75, 3.05) is 6.54 Å². The van der Waals surface area contributed by atoms with Gasteiger partial charge in [0.25, 0.3) is 0 Å². The molecule has 1 atom stereocenters. The molecule has 1 saturated heterocycles. The molecule has 0 radical (unpaired) electrons. The van der Waals surface area contributed by atoms with Crippen molar-refractivity contribution in [1.82, 2.24) is 5.32 Å². The van der Waals surface area contributed by atoms with Crippen molar-refractivity contribution in [3.8, 4) is 0 Å². The van der Waals surface area contributed by atoms with Gasteiger partial charge in [0.05, 0.1) is 0 Å². The second kappa shape index (κ2) is 2.57. The molecule has 1 rings (SSSR count). The fourth-order valence-corrected chi connectivity index (χ4v) is 1.35. The summed E-state index contributed by atoms with van der Waals surface area (Å²) in [5.74, 6) is -0.900. The standard InChI is InChI=1S/C5H7Cl2NO2/c6-5(7)1-3(4(9)10)8-2-5/h3,8H,1-2H2,(H,9,10)/t3-/m0/s1. The molecule has 0 aromatic rings. The molecule has 0 spiro atoms. The molecule has 0 bridgehead atoms. The van der Waals surface area contributed by atoms with Crippen LogP contribution < -0.4 is 5.32 Å². The molecule has 0 saturated carbocycles. The van der Waals surface area contributed by atoms with E-state index in [0.29, 0.717) is 6.54 Å². The van der Waals surface area contributed by atoms with E-state index in [1.807, 2.05) is 0 Å². The van der Waals surface area contributed by atoms with E-state index in [4.69, 9.17) is 28.3 Å². The number of rotatable bonds is 1. The van der Waals surface area contributed by atoms with E-state index in [1.54, 1.807) is 0 Å². The fourth-order valence-electron chi connectivity index (χ4n) is 0.890. The van der Waals surface area contributed by atoms with Crippen molar-refractivity contribution < 1.29 is 9.90 Å². The van der Waals surface area contributed by atoms with Crippen LogP contribution in [0.5, 0.6) is 0 Å². The number of alkyl halides is 2. The van der Waals surface area contributed by atoms with Crippen LogP contribution in [0.15, 0.2) is 0 Å². The summed E-state index contributed by atoms with van der Waals surface area (Å²) in [4.78, 5) is 10.3. The summed E-state index contributed by atoms with van der Waals surface area (Å²) in [5.41, 5.74) is 0. The molecule has 0 amide bonds. The van der Waals surface area contributed by atoms with Gasteiger partial charge < -0.3 is 10.4 Å². The van der Waals surface area contributed by atoms with Crippen molar-refractivity contribution >= 4 is 29.2 Å². The Labute approximate surface area is 68.3 Å². The van der Waals surface area contributed by atoms with E-state index >= 15 is 0 Å². The molecular weight excluding hydrogens is 177 g/mol. The number of carbonyl (C=O) groups is 1. The van der Waals surface area contributed by atoms with Gasteiger partial charge in [0.1, 0.15) is 10.4 Å². The number of carboxylic acids is 1. The van der Waals surface area contributed by atoms with Gasteiger partial charge in [0.2, 0.25) is 0 Å². The maximum atomic E-state index is 10.3. The maximum absolute atomic E-state index is 10.3. The molecule has 1 aliphatic heterocycles. The minimum absolute atomic E-state index is 0.269. The van der Waals surface area contributed by atoms with Gasteiger partial charge in [-0.1, -0.05) is 0 Å². The zero-order valence-electron chi connectivity index (χ0n) is 5.10. The lowest BCUT2D eigenvalue weighted by atomic mass is 10.2. The third-order valence-electron chi connectivity index (χ3n) is 1.41. The largest absolute Gasteiger partial charge is 0.480 e. The fraction of sp³-hybridized carbons (Fsp3) is 0.800. The van der Waals surface area contributed by atoms with Crippen molar-refractivity contribution in [3.05, 3.63) is 0 Å². The minimum atomic E-state index is -0.900. The molecular formula is C5H7Cl2NO2. The van der Waals surface area contributed by atoms with Crippen LogP contribution in [-0.2, 0) is 4.79 Å². The Morgan fingerprint density at radius 3 is 2.50 bits per heavy atom. The second-order valence-corrected chi connectivity index (χ2v) is 3.97. The first-order valence-corrected chi connectivity index (χ1v) is 3.61. The van der Waals surface area contributed by atoms with E-state index in [2.05, 4.69) is 5.32 Å². The maximum Gasteiger partial charge on any atom is 0.320 e. The first kappa shape index (κ1) is 8.11. The molecule has 1 aliphatic rings. The third kappa shape index (κ3) is 1.75.